The number of amides is 1. The van der Waals surface area contributed by atoms with E-state index >= 15 is 0 Å². The van der Waals surface area contributed by atoms with Crippen LogP contribution in [0.2, 0.25) is 0 Å². The van der Waals surface area contributed by atoms with Crippen LogP contribution in [-0.2, 0) is 6.54 Å². The number of nitrogens with one attached hydrogen (secondary N) is 1. The van der Waals surface area contributed by atoms with Gasteiger partial charge in [-0.25, -0.2) is 4.98 Å². The fourth-order valence-corrected chi connectivity index (χ4v) is 1.87. The summed E-state index contributed by atoms with van der Waals surface area (Å²) < 4.78 is 4.95. The first-order valence-electron chi connectivity index (χ1n) is 6.22. The van der Waals surface area contributed by atoms with Crippen LogP contribution in [-0.4, -0.2) is 33.0 Å². The molecule has 7 heteroatoms. The first-order chi connectivity index (χ1) is 9.49. The third kappa shape index (κ3) is 2.93. The van der Waals surface area contributed by atoms with Crippen molar-refractivity contribution < 1.29 is 9.32 Å². The van der Waals surface area contributed by atoms with E-state index in [0.717, 1.165) is 11.3 Å². The van der Waals surface area contributed by atoms with Gasteiger partial charge < -0.3 is 14.4 Å². The van der Waals surface area contributed by atoms with E-state index in [0.29, 0.717) is 6.54 Å². The highest BCUT2D eigenvalue weighted by atomic mass is 16.5. The van der Waals surface area contributed by atoms with Crippen LogP contribution in [0.4, 0.5) is 0 Å². The highest BCUT2D eigenvalue weighted by Gasteiger charge is 2.18. The molecule has 0 aliphatic rings. The zero-order valence-corrected chi connectivity index (χ0v) is 11.6. The van der Waals surface area contributed by atoms with Crippen molar-refractivity contribution in [2.75, 3.05) is 7.05 Å². The molecule has 1 N–H and O–H groups in total. The van der Waals surface area contributed by atoms with Crippen molar-refractivity contribution in [2.45, 2.75) is 26.3 Å². The molecular formula is C13H16N4O3. The standard InChI is InChI=1S/C13H16N4O3/c1-8(2)12-9(6-20-16-12)5-17(3)13(19)10-4-11(18)15-7-14-10/h4,6-8H,5H2,1-3H3,(H,14,15,18). The minimum absolute atomic E-state index is 0.110. The maximum absolute atomic E-state index is 12.2. The van der Waals surface area contributed by atoms with Crippen LogP contribution in [0.15, 0.2) is 28.0 Å². The van der Waals surface area contributed by atoms with E-state index in [4.69, 9.17) is 4.52 Å². The Balaban J connectivity index is 2.16. The van der Waals surface area contributed by atoms with Crippen LogP contribution in [0.3, 0.4) is 0 Å². The number of carbonyl (C=O) groups excluding carboxylic acids is 1. The van der Waals surface area contributed by atoms with Crippen molar-refractivity contribution in [3.63, 3.8) is 0 Å². The predicted molar refractivity (Wildman–Crippen MR) is 71.2 cm³/mol. The maximum Gasteiger partial charge on any atom is 0.272 e. The van der Waals surface area contributed by atoms with Crippen molar-refractivity contribution in [1.82, 2.24) is 20.0 Å². The van der Waals surface area contributed by atoms with E-state index in [1.807, 2.05) is 13.8 Å². The smallest absolute Gasteiger partial charge is 0.272 e. The summed E-state index contributed by atoms with van der Waals surface area (Å²) >= 11 is 0. The lowest BCUT2D eigenvalue weighted by Crippen LogP contribution is -2.28. The lowest BCUT2D eigenvalue weighted by Gasteiger charge is -2.16. The van der Waals surface area contributed by atoms with Gasteiger partial charge in [0.25, 0.3) is 11.5 Å². The van der Waals surface area contributed by atoms with Crippen LogP contribution in [0.25, 0.3) is 0 Å². The molecule has 0 atom stereocenters. The van der Waals surface area contributed by atoms with Crippen molar-refractivity contribution in [2.24, 2.45) is 0 Å². The zero-order valence-electron chi connectivity index (χ0n) is 11.6. The van der Waals surface area contributed by atoms with Gasteiger partial charge in [-0.15, -0.1) is 0 Å². The van der Waals surface area contributed by atoms with E-state index in [1.54, 1.807) is 7.05 Å². The molecule has 2 heterocycles. The third-order valence-corrected chi connectivity index (χ3v) is 2.87. The van der Waals surface area contributed by atoms with Gasteiger partial charge in [-0.3, -0.25) is 9.59 Å². The molecule has 0 aromatic carbocycles. The topological polar surface area (TPSA) is 92.1 Å². The number of hydrogen-bond donors (Lipinski definition) is 1. The average Bonchev–Trinajstić information content (AvgIpc) is 2.86. The summed E-state index contributed by atoms with van der Waals surface area (Å²) in [5, 5.41) is 3.93. The van der Waals surface area contributed by atoms with E-state index in [1.165, 1.54) is 23.6 Å². The van der Waals surface area contributed by atoms with Gasteiger partial charge in [-0.05, 0) is 5.92 Å². The molecule has 0 fully saturated rings. The molecule has 2 aromatic rings. The molecule has 20 heavy (non-hydrogen) atoms. The molecule has 0 aliphatic carbocycles. The molecule has 2 rings (SSSR count). The Kier molecular flexibility index (Phi) is 3.97. The van der Waals surface area contributed by atoms with Crippen molar-refractivity contribution in [1.29, 1.82) is 0 Å². The van der Waals surface area contributed by atoms with Gasteiger partial charge in [0, 0.05) is 18.7 Å². The first-order valence-corrected chi connectivity index (χ1v) is 6.22. The summed E-state index contributed by atoms with van der Waals surface area (Å²) in [5.41, 5.74) is 1.42. The number of aromatic amines is 1. The number of H-pyrrole nitrogens is 1. The van der Waals surface area contributed by atoms with Gasteiger partial charge in [0.2, 0.25) is 0 Å². The summed E-state index contributed by atoms with van der Waals surface area (Å²) in [6.07, 6.45) is 2.74. The molecule has 2 aromatic heterocycles. The summed E-state index contributed by atoms with van der Waals surface area (Å²) in [6.45, 7) is 4.35. The lowest BCUT2D eigenvalue weighted by molar-refractivity contribution is 0.0778. The van der Waals surface area contributed by atoms with Crippen LogP contribution in [0.1, 0.15) is 41.5 Å². The second kappa shape index (κ2) is 5.68. The Morgan fingerprint density at radius 2 is 2.25 bits per heavy atom. The van der Waals surface area contributed by atoms with Gasteiger partial charge in [0.1, 0.15) is 12.0 Å². The molecule has 0 aliphatic heterocycles. The highest BCUT2D eigenvalue weighted by Crippen LogP contribution is 2.19. The van der Waals surface area contributed by atoms with Crippen LogP contribution >= 0.6 is 0 Å². The summed E-state index contributed by atoms with van der Waals surface area (Å²) in [6, 6.07) is 1.18. The van der Waals surface area contributed by atoms with E-state index in [2.05, 4.69) is 15.1 Å². The number of nitrogens with zero attached hydrogens (tertiary/aromatic N) is 3. The Morgan fingerprint density at radius 1 is 1.50 bits per heavy atom. The molecule has 0 saturated heterocycles. The van der Waals surface area contributed by atoms with Crippen LogP contribution < -0.4 is 5.56 Å². The van der Waals surface area contributed by atoms with E-state index in [9.17, 15) is 9.59 Å². The summed E-state index contributed by atoms with van der Waals surface area (Å²) in [7, 11) is 1.64. The zero-order chi connectivity index (χ0) is 14.7. The molecule has 0 bridgehead atoms. The van der Waals surface area contributed by atoms with Gasteiger partial charge in [-0.1, -0.05) is 19.0 Å². The van der Waals surface area contributed by atoms with Gasteiger partial charge in [0.15, 0.2) is 0 Å². The molecule has 0 spiro atoms. The highest BCUT2D eigenvalue weighted by molar-refractivity contribution is 5.91. The monoisotopic (exact) mass is 276 g/mol. The van der Waals surface area contributed by atoms with Gasteiger partial charge >= 0.3 is 0 Å². The largest absolute Gasteiger partial charge is 0.364 e. The second-order valence-electron chi connectivity index (χ2n) is 4.84. The first kappa shape index (κ1) is 14.0. The Morgan fingerprint density at radius 3 is 2.90 bits per heavy atom. The predicted octanol–water partition coefficient (Wildman–Crippen LogP) is 1.15. The average molecular weight is 276 g/mol. The maximum atomic E-state index is 12.2. The molecular weight excluding hydrogens is 260 g/mol. The number of carbonyl (C=O) groups is 1. The normalized spacial score (nSPS) is 10.8. The second-order valence-corrected chi connectivity index (χ2v) is 4.84. The number of aromatic nitrogens is 3. The molecule has 0 saturated carbocycles. The quantitative estimate of drug-likeness (QED) is 0.904. The number of rotatable bonds is 4. The van der Waals surface area contributed by atoms with Gasteiger partial charge in [-0.2, -0.15) is 0 Å². The van der Waals surface area contributed by atoms with Crippen LogP contribution in [0.5, 0.6) is 0 Å². The molecule has 106 valence electrons. The fourth-order valence-electron chi connectivity index (χ4n) is 1.87. The van der Waals surface area contributed by atoms with E-state index in [-0.39, 0.29) is 23.1 Å². The Labute approximate surface area is 115 Å². The lowest BCUT2D eigenvalue weighted by atomic mass is 10.1. The van der Waals surface area contributed by atoms with Crippen molar-refractivity contribution >= 4 is 5.91 Å². The molecule has 0 unspecified atom stereocenters. The molecule has 7 nitrogen and oxygen atoms in total. The third-order valence-electron chi connectivity index (χ3n) is 2.87. The minimum atomic E-state index is -0.357. The SMILES string of the molecule is CC(C)c1nocc1CN(C)C(=O)c1cc(=O)[nH]cn1. The number of hydrogen-bond acceptors (Lipinski definition) is 5. The Hall–Kier alpha value is -2.44. The molecule has 1 amide bonds. The van der Waals surface area contributed by atoms with Crippen molar-refractivity contribution in [3.8, 4) is 0 Å². The summed E-state index contributed by atoms with van der Waals surface area (Å²) in [4.78, 5) is 31.1. The summed E-state index contributed by atoms with van der Waals surface area (Å²) in [5.74, 6) is -0.114. The van der Waals surface area contributed by atoms with Gasteiger partial charge in [0.05, 0.1) is 18.6 Å². The van der Waals surface area contributed by atoms with Crippen molar-refractivity contribution in [3.05, 3.63) is 46.0 Å². The minimum Gasteiger partial charge on any atom is -0.364 e. The van der Waals surface area contributed by atoms with E-state index < -0.39 is 0 Å². The Bertz CT molecular complexity index is 659. The van der Waals surface area contributed by atoms with Crippen LogP contribution in [0, 0.1) is 0 Å². The molecule has 0 radical (unpaired) electrons. The fraction of sp³-hybridized carbons (Fsp3) is 0.385.